The van der Waals surface area contributed by atoms with Gasteiger partial charge in [0.1, 0.15) is 17.5 Å². The zero-order valence-corrected chi connectivity index (χ0v) is 11.5. The van der Waals surface area contributed by atoms with E-state index < -0.39 is 11.6 Å². The van der Waals surface area contributed by atoms with Crippen molar-refractivity contribution < 1.29 is 8.78 Å². The highest BCUT2D eigenvalue weighted by molar-refractivity contribution is 5.23. The molecule has 0 radical (unpaired) electrons. The molecule has 1 heterocycles. The lowest BCUT2D eigenvalue weighted by Gasteiger charge is -2.08. The average Bonchev–Trinajstić information content (AvgIpc) is 2.31. The standard InChI is InChI=1S/C15H17F2N3/c1-9(18)5-13-6-10(2)19-15(20-13)7-11-3-4-12(16)8-14(11)17/h3-4,6,8-9H,5,7,18H2,1-2H3. The molecule has 0 spiro atoms. The molecule has 5 heteroatoms. The summed E-state index contributed by atoms with van der Waals surface area (Å²) in [5.74, 6) is -0.649. The molecule has 0 saturated carbocycles. The van der Waals surface area contributed by atoms with E-state index >= 15 is 0 Å². The number of hydrogen-bond donors (Lipinski definition) is 1. The molecular formula is C15H17F2N3. The highest BCUT2D eigenvalue weighted by atomic mass is 19.1. The van der Waals surface area contributed by atoms with Crippen molar-refractivity contribution in [2.45, 2.75) is 32.7 Å². The van der Waals surface area contributed by atoms with E-state index in [1.165, 1.54) is 12.1 Å². The van der Waals surface area contributed by atoms with Crippen LogP contribution in [0.15, 0.2) is 24.3 Å². The van der Waals surface area contributed by atoms with Crippen LogP contribution in [0.1, 0.15) is 29.7 Å². The second kappa shape index (κ2) is 6.05. The zero-order chi connectivity index (χ0) is 14.7. The molecule has 0 bridgehead atoms. The van der Waals surface area contributed by atoms with Crippen LogP contribution in [0.25, 0.3) is 0 Å². The van der Waals surface area contributed by atoms with Gasteiger partial charge in [-0.1, -0.05) is 6.07 Å². The number of benzene rings is 1. The lowest BCUT2D eigenvalue weighted by Crippen LogP contribution is -2.19. The highest BCUT2D eigenvalue weighted by Gasteiger charge is 2.09. The summed E-state index contributed by atoms with van der Waals surface area (Å²) < 4.78 is 26.5. The Morgan fingerprint density at radius 3 is 2.60 bits per heavy atom. The van der Waals surface area contributed by atoms with Gasteiger partial charge in [0, 0.05) is 36.3 Å². The molecule has 2 N–H and O–H groups in total. The molecule has 0 amide bonds. The maximum atomic E-state index is 13.6. The van der Waals surface area contributed by atoms with Gasteiger partial charge in [-0.2, -0.15) is 0 Å². The van der Waals surface area contributed by atoms with E-state index in [1.807, 2.05) is 19.9 Å². The van der Waals surface area contributed by atoms with Crippen molar-refractivity contribution >= 4 is 0 Å². The van der Waals surface area contributed by atoms with Crippen LogP contribution in [0.2, 0.25) is 0 Å². The quantitative estimate of drug-likeness (QED) is 0.934. The summed E-state index contributed by atoms with van der Waals surface area (Å²) in [5, 5.41) is 0. The van der Waals surface area contributed by atoms with Crippen molar-refractivity contribution in [2.75, 3.05) is 0 Å². The van der Waals surface area contributed by atoms with Crippen LogP contribution in [0, 0.1) is 18.6 Å². The minimum absolute atomic E-state index is 0.000271. The van der Waals surface area contributed by atoms with Gasteiger partial charge in [0.05, 0.1) is 0 Å². The van der Waals surface area contributed by atoms with E-state index in [0.717, 1.165) is 17.5 Å². The monoisotopic (exact) mass is 277 g/mol. The van der Waals surface area contributed by atoms with Gasteiger partial charge in [0.25, 0.3) is 0 Å². The van der Waals surface area contributed by atoms with Crippen molar-refractivity contribution in [3.05, 3.63) is 58.7 Å². The van der Waals surface area contributed by atoms with Crippen molar-refractivity contribution in [1.29, 1.82) is 0 Å². The summed E-state index contributed by atoms with van der Waals surface area (Å²) in [6.07, 6.45) is 0.877. The first-order valence-electron chi connectivity index (χ1n) is 6.47. The molecule has 106 valence electrons. The van der Waals surface area contributed by atoms with E-state index in [0.29, 0.717) is 17.8 Å². The van der Waals surface area contributed by atoms with Crippen LogP contribution in [-0.4, -0.2) is 16.0 Å². The van der Waals surface area contributed by atoms with E-state index in [9.17, 15) is 8.78 Å². The topological polar surface area (TPSA) is 51.8 Å². The van der Waals surface area contributed by atoms with E-state index in [-0.39, 0.29) is 12.5 Å². The van der Waals surface area contributed by atoms with Crippen molar-refractivity contribution in [2.24, 2.45) is 5.73 Å². The summed E-state index contributed by atoms with van der Waals surface area (Å²) in [5.41, 5.74) is 7.79. The minimum Gasteiger partial charge on any atom is -0.328 e. The number of aryl methyl sites for hydroxylation is 1. The van der Waals surface area contributed by atoms with Gasteiger partial charge >= 0.3 is 0 Å². The Bertz CT molecular complexity index is 612. The van der Waals surface area contributed by atoms with E-state index in [4.69, 9.17) is 5.73 Å². The molecule has 0 fully saturated rings. The van der Waals surface area contributed by atoms with Crippen LogP contribution in [-0.2, 0) is 12.8 Å². The maximum Gasteiger partial charge on any atom is 0.133 e. The minimum atomic E-state index is -0.589. The molecule has 2 aromatic rings. The number of rotatable bonds is 4. The Morgan fingerprint density at radius 1 is 1.20 bits per heavy atom. The number of aromatic nitrogens is 2. The third-order valence-electron chi connectivity index (χ3n) is 2.85. The highest BCUT2D eigenvalue weighted by Crippen LogP contribution is 2.14. The Balaban J connectivity index is 2.26. The van der Waals surface area contributed by atoms with Crippen LogP contribution < -0.4 is 5.73 Å². The third kappa shape index (κ3) is 3.81. The van der Waals surface area contributed by atoms with Gasteiger partial charge in [-0.25, -0.2) is 18.7 Å². The molecule has 0 aliphatic rings. The van der Waals surface area contributed by atoms with Crippen molar-refractivity contribution in [1.82, 2.24) is 9.97 Å². The Morgan fingerprint density at radius 2 is 1.95 bits per heavy atom. The van der Waals surface area contributed by atoms with Crippen LogP contribution in [0.4, 0.5) is 8.78 Å². The van der Waals surface area contributed by atoms with Gasteiger partial charge in [-0.15, -0.1) is 0 Å². The zero-order valence-electron chi connectivity index (χ0n) is 11.5. The summed E-state index contributed by atoms with van der Waals surface area (Å²) in [6, 6.07) is 5.39. The molecule has 0 aliphatic carbocycles. The lowest BCUT2D eigenvalue weighted by molar-refractivity contribution is 0.573. The summed E-state index contributed by atoms with van der Waals surface area (Å²) >= 11 is 0. The number of nitrogens with zero attached hydrogens (tertiary/aromatic N) is 2. The van der Waals surface area contributed by atoms with Gasteiger partial charge < -0.3 is 5.73 Å². The molecule has 20 heavy (non-hydrogen) atoms. The average molecular weight is 277 g/mol. The molecular weight excluding hydrogens is 260 g/mol. The molecule has 0 aliphatic heterocycles. The molecule has 2 rings (SSSR count). The first-order chi connectivity index (χ1) is 9.44. The fourth-order valence-electron chi connectivity index (χ4n) is 2.05. The molecule has 3 nitrogen and oxygen atoms in total. The maximum absolute atomic E-state index is 13.6. The van der Waals surface area contributed by atoms with Crippen LogP contribution in [0.5, 0.6) is 0 Å². The fraction of sp³-hybridized carbons (Fsp3) is 0.333. The molecule has 1 aromatic heterocycles. The molecule has 1 atom stereocenters. The SMILES string of the molecule is Cc1cc(CC(C)N)nc(Cc2ccc(F)cc2F)n1. The number of nitrogens with two attached hydrogens (primary N) is 1. The Labute approximate surface area is 116 Å². The summed E-state index contributed by atoms with van der Waals surface area (Å²) in [4.78, 5) is 8.67. The predicted octanol–water partition coefficient (Wildman–Crippen LogP) is 2.54. The Hall–Kier alpha value is -1.88. The largest absolute Gasteiger partial charge is 0.328 e. The number of hydrogen-bond acceptors (Lipinski definition) is 3. The van der Waals surface area contributed by atoms with Crippen molar-refractivity contribution in [3.63, 3.8) is 0 Å². The third-order valence-corrected chi connectivity index (χ3v) is 2.85. The summed E-state index contributed by atoms with van der Waals surface area (Å²) in [7, 11) is 0. The predicted molar refractivity (Wildman–Crippen MR) is 73.3 cm³/mol. The smallest absolute Gasteiger partial charge is 0.133 e. The van der Waals surface area contributed by atoms with E-state index in [1.54, 1.807) is 0 Å². The van der Waals surface area contributed by atoms with Crippen molar-refractivity contribution in [3.8, 4) is 0 Å². The molecule has 1 aromatic carbocycles. The second-order valence-electron chi connectivity index (χ2n) is 5.01. The molecule has 0 saturated heterocycles. The lowest BCUT2D eigenvalue weighted by atomic mass is 10.1. The van der Waals surface area contributed by atoms with Crippen LogP contribution >= 0.6 is 0 Å². The first-order valence-corrected chi connectivity index (χ1v) is 6.47. The normalized spacial score (nSPS) is 12.4. The van der Waals surface area contributed by atoms with Gasteiger partial charge in [0.15, 0.2) is 0 Å². The Kier molecular flexibility index (Phi) is 4.39. The molecule has 1 unspecified atom stereocenters. The number of halogens is 2. The summed E-state index contributed by atoms with van der Waals surface area (Å²) in [6.45, 7) is 3.76. The van der Waals surface area contributed by atoms with Gasteiger partial charge in [-0.3, -0.25) is 0 Å². The first kappa shape index (κ1) is 14.5. The van der Waals surface area contributed by atoms with E-state index in [2.05, 4.69) is 9.97 Å². The van der Waals surface area contributed by atoms with Gasteiger partial charge in [0.2, 0.25) is 0 Å². The van der Waals surface area contributed by atoms with Gasteiger partial charge in [-0.05, 0) is 31.5 Å². The van der Waals surface area contributed by atoms with Crippen LogP contribution in [0.3, 0.4) is 0 Å². The second-order valence-corrected chi connectivity index (χ2v) is 5.01. The fourth-order valence-corrected chi connectivity index (χ4v) is 2.05.